The van der Waals surface area contributed by atoms with Crippen molar-refractivity contribution >= 4 is 27.5 Å². The predicted octanol–water partition coefficient (Wildman–Crippen LogP) is 3.01. The van der Waals surface area contributed by atoms with Gasteiger partial charge in [0.25, 0.3) is 5.91 Å². The number of hydrogen-bond donors (Lipinski definition) is 1. The summed E-state index contributed by atoms with van der Waals surface area (Å²) in [4.78, 5) is 13.7. The Balaban J connectivity index is 1.78. The maximum atomic E-state index is 13.5. The number of rotatable bonds is 3. The van der Waals surface area contributed by atoms with Crippen molar-refractivity contribution in [2.45, 2.75) is 13.5 Å². The largest absolute Gasteiger partial charge is 0.347 e. The predicted molar refractivity (Wildman–Crippen MR) is 80.9 cm³/mol. The smallest absolute Gasteiger partial charge is 0.261 e. The number of fused-ring (bicyclic) bond motifs is 1. The van der Waals surface area contributed by atoms with E-state index in [1.54, 1.807) is 22.9 Å². The molecule has 108 valence electrons. The van der Waals surface area contributed by atoms with E-state index in [4.69, 9.17) is 0 Å². The zero-order valence-corrected chi connectivity index (χ0v) is 12.5. The van der Waals surface area contributed by atoms with Gasteiger partial charge in [0, 0.05) is 24.5 Å². The second kappa shape index (κ2) is 5.29. The normalized spacial score (nSPS) is 11.0. The van der Waals surface area contributed by atoms with Crippen molar-refractivity contribution in [2.75, 3.05) is 0 Å². The molecule has 0 aliphatic carbocycles. The Bertz CT molecular complexity index is 787. The number of aromatic nitrogens is 2. The van der Waals surface area contributed by atoms with Crippen LogP contribution in [0.3, 0.4) is 0 Å². The summed E-state index contributed by atoms with van der Waals surface area (Å²) in [7, 11) is 1.85. The molecule has 2 heterocycles. The number of hydrogen-bond acceptors (Lipinski definition) is 3. The van der Waals surface area contributed by atoms with Crippen molar-refractivity contribution < 1.29 is 9.18 Å². The summed E-state index contributed by atoms with van der Waals surface area (Å²) in [5.41, 5.74) is 1.38. The van der Waals surface area contributed by atoms with Gasteiger partial charge in [0.2, 0.25) is 0 Å². The molecule has 0 unspecified atom stereocenters. The van der Waals surface area contributed by atoms with Crippen LogP contribution in [0, 0.1) is 12.7 Å². The summed E-state index contributed by atoms with van der Waals surface area (Å²) in [5, 5.41) is 8.03. The third-order valence-electron chi connectivity index (χ3n) is 3.32. The van der Waals surface area contributed by atoms with Crippen molar-refractivity contribution in [1.82, 2.24) is 15.1 Å². The fraction of sp³-hybridized carbons (Fsp3) is 0.200. The van der Waals surface area contributed by atoms with E-state index < -0.39 is 0 Å². The Kier molecular flexibility index (Phi) is 3.47. The molecule has 21 heavy (non-hydrogen) atoms. The zero-order chi connectivity index (χ0) is 15.0. The van der Waals surface area contributed by atoms with Crippen molar-refractivity contribution in [1.29, 1.82) is 0 Å². The lowest BCUT2D eigenvalue weighted by Gasteiger charge is -2.04. The highest BCUT2D eigenvalue weighted by Gasteiger charge is 2.15. The molecule has 0 aliphatic heterocycles. The molecular formula is C15H14FN3OS. The van der Waals surface area contributed by atoms with Crippen LogP contribution in [0.1, 0.15) is 20.9 Å². The number of benzene rings is 1. The number of amides is 1. The molecule has 0 fully saturated rings. The van der Waals surface area contributed by atoms with Gasteiger partial charge in [0.05, 0.1) is 10.6 Å². The Hall–Kier alpha value is -2.21. The fourth-order valence-corrected chi connectivity index (χ4v) is 3.26. The van der Waals surface area contributed by atoms with E-state index in [0.29, 0.717) is 10.4 Å². The van der Waals surface area contributed by atoms with E-state index >= 15 is 0 Å². The van der Waals surface area contributed by atoms with E-state index in [0.717, 1.165) is 15.9 Å². The van der Waals surface area contributed by atoms with Crippen molar-refractivity contribution in [3.63, 3.8) is 0 Å². The Morgan fingerprint density at radius 3 is 2.90 bits per heavy atom. The van der Waals surface area contributed by atoms with Crippen LogP contribution in [0.2, 0.25) is 0 Å². The van der Waals surface area contributed by atoms with Crippen molar-refractivity contribution in [3.05, 3.63) is 52.3 Å². The standard InChI is InChI=1S/C15H14FN3OS/c1-9-11-7-13(21-15(11)19(2)18-9)14(20)17-8-10-5-3-4-6-12(10)16/h3-7H,8H2,1-2H3,(H,17,20). The molecule has 0 radical (unpaired) electrons. The zero-order valence-electron chi connectivity index (χ0n) is 11.7. The summed E-state index contributed by atoms with van der Waals surface area (Å²) in [5.74, 6) is -0.506. The maximum absolute atomic E-state index is 13.5. The summed E-state index contributed by atoms with van der Waals surface area (Å²) in [6, 6.07) is 8.25. The highest BCUT2D eigenvalue weighted by Crippen LogP contribution is 2.27. The number of halogens is 1. The van der Waals surface area contributed by atoms with Crippen LogP contribution in [0.4, 0.5) is 4.39 Å². The lowest BCUT2D eigenvalue weighted by atomic mass is 10.2. The molecule has 0 spiro atoms. The minimum atomic E-state index is -0.311. The Labute approximate surface area is 125 Å². The Morgan fingerprint density at radius 2 is 2.19 bits per heavy atom. The number of carbonyl (C=O) groups is 1. The molecule has 2 aromatic heterocycles. The highest BCUT2D eigenvalue weighted by atomic mass is 32.1. The van der Waals surface area contributed by atoms with Gasteiger partial charge in [-0.3, -0.25) is 9.48 Å². The first kappa shape index (κ1) is 13.8. The molecule has 1 amide bonds. The van der Waals surface area contributed by atoms with Crippen LogP contribution in [0.15, 0.2) is 30.3 Å². The molecule has 6 heteroatoms. The summed E-state index contributed by atoms with van der Waals surface area (Å²) in [6.45, 7) is 2.09. The first-order valence-corrected chi connectivity index (χ1v) is 7.32. The van der Waals surface area contributed by atoms with Gasteiger partial charge in [-0.2, -0.15) is 5.10 Å². The number of nitrogens with zero attached hydrogens (tertiary/aromatic N) is 2. The van der Waals surface area contributed by atoms with E-state index in [1.807, 2.05) is 20.0 Å². The third kappa shape index (κ3) is 2.54. The van der Waals surface area contributed by atoms with Crippen molar-refractivity contribution in [2.24, 2.45) is 7.05 Å². The van der Waals surface area contributed by atoms with E-state index in [2.05, 4.69) is 10.4 Å². The molecule has 0 aliphatic rings. The quantitative estimate of drug-likeness (QED) is 0.808. The number of carbonyl (C=O) groups excluding carboxylic acids is 1. The van der Waals surface area contributed by atoms with Gasteiger partial charge in [-0.05, 0) is 19.1 Å². The molecule has 0 atom stereocenters. The molecule has 1 N–H and O–H groups in total. The molecule has 1 aromatic carbocycles. The average molecular weight is 303 g/mol. The molecule has 0 saturated carbocycles. The van der Waals surface area contributed by atoms with Gasteiger partial charge in [-0.15, -0.1) is 11.3 Å². The minimum Gasteiger partial charge on any atom is -0.347 e. The summed E-state index contributed by atoms with van der Waals surface area (Å²) in [6.07, 6.45) is 0. The third-order valence-corrected chi connectivity index (χ3v) is 4.52. The molecule has 3 rings (SSSR count). The highest BCUT2D eigenvalue weighted by molar-refractivity contribution is 7.20. The van der Waals surface area contributed by atoms with Crippen LogP contribution in [0.5, 0.6) is 0 Å². The molecule has 0 bridgehead atoms. The van der Waals surface area contributed by atoms with Gasteiger partial charge in [-0.1, -0.05) is 18.2 Å². The monoisotopic (exact) mass is 303 g/mol. The SMILES string of the molecule is Cc1nn(C)c2sc(C(=O)NCc3ccccc3F)cc12. The summed E-state index contributed by atoms with van der Waals surface area (Å²) < 4.78 is 15.3. The van der Waals surface area contributed by atoms with Crippen LogP contribution < -0.4 is 5.32 Å². The van der Waals surface area contributed by atoms with Crippen LogP contribution in [-0.2, 0) is 13.6 Å². The van der Waals surface area contributed by atoms with Gasteiger partial charge in [0.15, 0.2) is 0 Å². The van der Waals surface area contributed by atoms with E-state index in [1.165, 1.54) is 17.4 Å². The molecule has 0 saturated heterocycles. The fourth-order valence-electron chi connectivity index (χ4n) is 2.22. The second-order valence-electron chi connectivity index (χ2n) is 4.81. The molecule has 4 nitrogen and oxygen atoms in total. The maximum Gasteiger partial charge on any atom is 0.261 e. The molecule has 3 aromatic rings. The average Bonchev–Trinajstić information content (AvgIpc) is 3.00. The second-order valence-corrected chi connectivity index (χ2v) is 5.84. The van der Waals surface area contributed by atoms with Gasteiger partial charge < -0.3 is 5.32 Å². The van der Waals surface area contributed by atoms with Gasteiger partial charge in [0.1, 0.15) is 10.6 Å². The number of nitrogens with one attached hydrogen (secondary N) is 1. The van der Waals surface area contributed by atoms with E-state index in [9.17, 15) is 9.18 Å². The van der Waals surface area contributed by atoms with Crippen LogP contribution in [0.25, 0.3) is 10.2 Å². The number of aryl methyl sites for hydroxylation is 2. The van der Waals surface area contributed by atoms with Gasteiger partial charge >= 0.3 is 0 Å². The van der Waals surface area contributed by atoms with E-state index in [-0.39, 0.29) is 18.3 Å². The topological polar surface area (TPSA) is 46.9 Å². The van der Waals surface area contributed by atoms with Crippen molar-refractivity contribution in [3.8, 4) is 0 Å². The number of thiophene rings is 1. The Morgan fingerprint density at radius 1 is 1.43 bits per heavy atom. The van der Waals surface area contributed by atoms with Gasteiger partial charge in [-0.25, -0.2) is 4.39 Å². The summed E-state index contributed by atoms with van der Waals surface area (Å²) >= 11 is 1.39. The molecular weight excluding hydrogens is 289 g/mol. The lowest BCUT2D eigenvalue weighted by molar-refractivity contribution is 0.0954. The lowest BCUT2D eigenvalue weighted by Crippen LogP contribution is -2.22. The van der Waals surface area contributed by atoms with Crippen LogP contribution in [-0.4, -0.2) is 15.7 Å². The first-order chi connectivity index (χ1) is 10.1. The minimum absolute atomic E-state index is 0.178. The first-order valence-electron chi connectivity index (χ1n) is 6.51. The van der Waals surface area contributed by atoms with Crippen LogP contribution >= 0.6 is 11.3 Å².